The predicted molar refractivity (Wildman–Crippen MR) is 66.7 cm³/mol. The summed E-state index contributed by atoms with van der Waals surface area (Å²) in [4.78, 5) is 4.30. The SMILES string of the molecule is Brc1cccc2c(OC3CNC3)nccc12. The molecule has 16 heavy (non-hydrogen) atoms. The molecular weight excluding hydrogens is 268 g/mol. The van der Waals surface area contributed by atoms with Crippen LogP contribution in [0.25, 0.3) is 10.8 Å². The Kier molecular flexibility index (Phi) is 2.53. The van der Waals surface area contributed by atoms with Crippen molar-refractivity contribution in [2.75, 3.05) is 13.1 Å². The monoisotopic (exact) mass is 278 g/mol. The number of hydrogen-bond acceptors (Lipinski definition) is 3. The number of ether oxygens (including phenoxy) is 1. The number of hydrogen-bond donors (Lipinski definition) is 1. The molecule has 0 amide bonds. The van der Waals surface area contributed by atoms with Crippen LogP contribution in [0.15, 0.2) is 34.9 Å². The second kappa shape index (κ2) is 4.03. The molecule has 4 heteroatoms. The van der Waals surface area contributed by atoms with Crippen molar-refractivity contribution in [3.8, 4) is 5.88 Å². The Morgan fingerprint density at radius 2 is 2.12 bits per heavy atom. The van der Waals surface area contributed by atoms with Gasteiger partial charge < -0.3 is 10.1 Å². The third-order valence-corrected chi connectivity index (χ3v) is 3.43. The van der Waals surface area contributed by atoms with Gasteiger partial charge in [-0.2, -0.15) is 0 Å². The highest BCUT2D eigenvalue weighted by Gasteiger charge is 2.19. The topological polar surface area (TPSA) is 34.1 Å². The smallest absolute Gasteiger partial charge is 0.221 e. The van der Waals surface area contributed by atoms with Gasteiger partial charge in [-0.15, -0.1) is 0 Å². The van der Waals surface area contributed by atoms with Gasteiger partial charge in [0.15, 0.2) is 0 Å². The van der Waals surface area contributed by atoms with Crippen molar-refractivity contribution >= 4 is 26.7 Å². The van der Waals surface area contributed by atoms with Crippen LogP contribution in [0.5, 0.6) is 5.88 Å². The Labute approximate surface area is 102 Å². The number of nitrogens with one attached hydrogen (secondary N) is 1. The van der Waals surface area contributed by atoms with Crippen LogP contribution >= 0.6 is 15.9 Å². The van der Waals surface area contributed by atoms with E-state index in [1.165, 1.54) is 0 Å². The lowest BCUT2D eigenvalue weighted by molar-refractivity contribution is 0.138. The number of nitrogens with zero attached hydrogens (tertiary/aromatic N) is 1. The first-order chi connectivity index (χ1) is 7.84. The first kappa shape index (κ1) is 10.1. The minimum absolute atomic E-state index is 0.261. The minimum Gasteiger partial charge on any atom is -0.471 e. The van der Waals surface area contributed by atoms with Crippen LogP contribution < -0.4 is 10.1 Å². The van der Waals surface area contributed by atoms with Gasteiger partial charge in [-0.1, -0.05) is 22.0 Å². The molecule has 0 radical (unpaired) electrons. The van der Waals surface area contributed by atoms with Crippen LogP contribution in [0.3, 0.4) is 0 Å². The average Bonchev–Trinajstić information content (AvgIpc) is 2.24. The van der Waals surface area contributed by atoms with Crippen LogP contribution in [0.4, 0.5) is 0 Å². The maximum absolute atomic E-state index is 5.82. The summed E-state index contributed by atoms with van der Waals surface area (Å²) in [5, 5.41) is 5.38. The summed E-state index contributed by atoms with van der Waals surface area (Å²) >= 11 is 3.53. The highest BCUT2D eigenvalue weighted by atomic mass is 79.9. The molecule has 1 fully saturated rings. The molecule has 1 aromatic carbocycles. The molecule has 0 saturated carbocycles. The normalized spacial score (nSPS) is 16.1. The lowest BCUT2D eigenvalue weighted by Crippen LogP contribution is -2.50. The second-order valence-corrected chi connectivity index (χ2v) is 4.70. The molecular formula is C12H11BrN2O. The molecule has 0 aliphatic carbocycles. The van der Waals surface area contributed by atoms with Crippen molar-refractivity contribution in [2.24, 2.45) is 0 Å². The van der Waals surface area contributed by atoms with Crippen LogP contribution in [-0.2, 0) is 0 Å². The quantitative estimate of drug-likeness (QED) is 0.916. The zero-order valence-electron chi connectivity index (χ0n) is 8.61. The fourth-order valence-electron chi connectivity index (χ4n) is 1.74. The number of aromatic nitrogens is 1. The van der Waals surface area contributed by atoms with E-state index in [0.29, 0.717) is 0 Å². The van der Waals surface area contributed by atoms with Gasteiger partial charge in [-0.3, -0.25) is 0 Å². The molecule has 0 atom stereocenters. The van der Waals surface area contributed by atoms with Gasteiger partial charge >= 0.3 is 0 Å². The van der Waals surface area contributed by atoms with E-state index in [0.717, 1.165) is 34.2 Å². The maximum Gasteiger partial charge on any atom is 0.221 e. The largest absolute Gasteiger partial charge is 0.471 e. The van der Waals surface area contributed by atoms with Gasteiger partial charge in [0.05, 0.1) is 0 Å². The Morgan fingerprint density at radius 3 is 2.88 bits per heavy atom. The summed E-state index contributed by atoms with van der Waals surface area (Å²) < 4.78 is 6.90. The molecule has 1 aliphatic rings. The Morgan fingerprint density at radius 1 is 1.25 bits per heavy atom. The fourth-order valence-corrected chi connectivity index (χ4v) is 2.24. The van der Waals surface area contributed by atoms with Crippen molar-refractivity contribution in [1.82, 2.24) is 10.3 Å². The first-order valence-corrected chi connectivity index (χ1v) is 6.04. The molecule has 0 bridgehead atoms. The van der Waals surface area contributed by atoms with E-state index in [-0.39, 0.29) is 6.10 Å². The van der Waals surface area contributed by atoms with E-state index in [2.05, 4.69) is 26.2 Å². The van der Waals surface area contributed by atoms with Gasteiger partial charge in [0.1, 0.15) is 6.10 Å². The zero-order valence-corrected chi connectivity index (χ0v) is 10.2. The summed E-state index contributed by atoms with van der Waals surface area (Å²) in [6.07, 6.45) is 2.05. The molecule has 82 valence electrons. The van der Waals surface area contributed by atoms with E-state index >= 15 is 0 Å². The number of fused-ring (bicyclic) bond motifs is 1. The number of benzene rings is 1. The summed E-state index contributed by atoms with van der Waals surface area (Å²) in [7, 11) is 0. The molecule has 1 aliphatic heterocycles. The Balaban J connectivity index is 2.06. The van der Waals surface area contributed by atoms with E-state index in [9.17, 15) is 0 Å². The highest BCUT2D eigenvalue weighted by Crippen LogP contribution is 2.29. The maximum atomic E-state index is 5.82. The zero-order chi connectivity index (χ0) is 11.0. The van der Waals surface area contributed by atoms with Crippen molar-refractivity contribution in [3.05, 3.63) is 34.9 Å². The molecule has 2 heterocycles. The van der Waals surface area contributed by atoms with Crippen molar-refractivity contribution in [2.45, 2.75) is 6.10 Å². The highest BCUT2D eigenvalue weighted by molar-refractivity contribution is 9.10. The van der Waals surface area contributed by atoms with Crippen LogP contribution in [-0.4, -0.2) is 24.2 Å². The fraction of sp³-hybridized carbons (Fsp3) is 0.250. The minimum atomic E-state index is 0.261. The van der Waals surface area contributed by atoms with Crippen LogP contribution in [0, 0.1) is 0 Å². The summed E-state index contributed by atoms with van der Waals surface area (Å²) in [5.74, 6) is 0.727. The molecule has 2 aromatic rings. The van der Waals surface area contributed by atoms with E-state index in [1.807, 2.05) is 24.3 Å². The van der Waals surface area contributed by atoms with E-state index < -0.39 is 0 Å². The molecule has 3 rings (SSSR count). The number of rotatable bonds is 2. The standard InChI is InChI=1S/C12H11BrN2O/c13-11-3-1-2-10-9(11)4-5-15-12(10)16-8-6-14-7-8/h1-5,8,14H,6-7H2. The molecule has 0 spiro atoms. The summed E-state index contributed by atoms with van der Waals surface area (Å²) in [6, 6.07) is 8.05. The van der Waals surface area contributed by atoms with Gasteiger partial charge in [-0.25, -0.2) is 4.98 Å². The van der Waals surface area contributed by atoms with Crippen LogP contribution in [0.1, 0.15) is 0 Å². The van der Waals surface area contributed by atoms with Gasteiger partial charge in [-0.05, 0) is 18.2 Å². The molecule has 1 aromatic heterocycles. The lowest BCUT2D eigenvalue weighted by atomic mass is 10.1. The lowest BCUT2D eigenvalue weighted by Gasteiger charge is -2.27. The Bertz CT molecular complexity index is 525. The molecule has 0 unspecified atom stereocenters. The average molecular weight is 279 g/mol. The Hall–Kier alpha value is -1.13. The van der Waals surface area contributed by atoms with Gasteiger partial charge in [0.2, 0.25) is 5.88 Å². The van der Waals surface area contributed by atoms with Gasteiger partial charge in [0, 0.05) is 34.5 Å². The van der Waals surface area contributed by atoms with Crippen molar-refractivity contribution in [3.63, 3.8) is 0 Å². The number of pyridine rings is 1. The number of halogens is 1. The third kappa shape index (κ3) is 1.68. The predicted octanol–water partition coefficient (Wildman–Crippen LogP) is 2.35. The molecule has 1 N–H and O–H groups in total. The molecule has 3 nitrogen and oxygen atoms in total. The van der Waals surface area contributed by atoms with Crippen molar-refractivity contribution in [1.29, 1.82) is 0 Å². The van der Waals surface area contributed by atoms with Crippen molar-refractivity contribution < 1.29 is 4.74 Å². The third-order valence-electron chi connectivity index (χ3n) is 2.74. The van der Waals surface area contributed by atoms with E-state index in [1.54, 1.807) is 6.20 Å². The first-order valence-electron chi connectivity index (χ1n) is 5.25. The summed E-state index contributed by atoms with van der Waals surface area (Å²) in [6.45, 7) is 1.82. The van der Waals surface area contributed by atoms with Crippen LogP contribution in [0.2, 0.25) is 0 Å². The molecule has 1 saturated heterocycles. The second-order valence-electron chi connectivity index (χ2n) is 3.85. The van der Waals surface area contributed by atoms with E-state index in [4.69, 9.17) is 4.74 Å². The summed E-state index contributed by atoms with van der Waals surface area (Å²) in [5.41, 5.74) is 0. The van der Waals surface area contributed by atoms with Gasteiger partial charge in [0.25, 0.3) is 0 Å².